The Morgan fingerprint density at radius 1 is 1.21 bits per heavy atom. The van der Waals surface area contributed by atoms with Crippen molar-refractivity contribution < 1.29 is 9.18 Å². The van der Waals surface area contributed by atoms with E-state index in [0.29, 0.717) is 6.54 Å². The topological polar surface area (TPSA) is 56.0 Å². The van der Waals surface area contributed by atoms with Gasteiger partial charge in [-0.3, -0.25) is 9.48 Å². The van der Waals surface area contributed by atoms with Gasteiger partial charge in [0.2, 0.25) is 5.91 Å². The molecule has 0 N–H and O–H groups in total. The summed E-state index contributed by atoms with van der Waals surface area (Å²) in [7, 11) is 0. The molecule has 0 aliphatic carbocycles. The third kappa shape index (κ3) is 2.58. The number of carbonyl (C=O) groups excluding carboxylic acids is 1. The van der Waals surface area contributed by atoms with Gasteiger partial charge in [-0.05, 0) is 43.2 Å². The molecule has 7 heteroatoms. The summed E-state index contributed by atoms with van der Waals surface area (Å²) in [6.45, 7) is 0.871. The number of benzene rings is 1. The van der Waals surface area contributed by atoms with E-state index in [1.807, 2.05) is 0 Å². The van der Waals surface area contributed by atoms with E-state index >= 15 is 0 Å². The minimum atomic E-state index is -0.282. The van der Waals surface area contributed by atoms with Crippen molar-refractivity contribution in [3.63, 3.8) is 0 Å². The zero-order chi connectivity index (χ0) is 16.5. The van der Waals surface area contributed by atoms with Crippen LogP contribution in [-0.2, 0) is 17.8 Å². The van der Waals surface area contributed by atoms with Gasteiger partial charge in [-0.15, -0.1) is 0 Å². The number of amides is 1. The molecule has 3 heterocycles. The SMILES string of the molecule is O=C(Cn1cccn1)N1CCCc2c1cnn2-c1ccc(F)cc1. The van der Waals surface area contributed by atoms with Crippen molar-refractivity contribution in [1.29, 1.82) is 0 Å². The van der Waals surface area contributed by atoms with Gasteiger partial charge in [0.05, 0.1) is 23.3 Å². The maximum absolute atomic E-state index is 13.1. The molecular weight excluding hydrogens is 309 g/mol. The second kappa shape index (κ2) is 5.92. The fraction of sp³-hybridized carbons (Fsp3) is 0.235. The Labute approximate surface area is 138 Å². The molecule has 0 fully saturated rings. The Bertz CT molecular complexity index is 854. The Kier molecular flexibility index (Phi) is 3.60. The fourth-order valence-corrected chi connectivity index (χ4v) is 3.03. The second-order valence-corrected chi connectivity index (χ2v) is 5.72. The molecule has 2 aromatic heterocycles. The van der Waals surface area contributed by atoms with Crippen LogP contribution >= 0.6 is 0 Å². The van der Waals surface area contributed by atoms with Crippen molar-refractivity contribution in [1.82, 2.24) is 19.6 Å². The first-order chi connectivity index (χ1) is 11.7. The van der Waals surface area contributed by atoms with Gasteiger partial charge in [0.25, 0.3) is 0 Å². The number of anilines is 1. The lowest BCUT2D eigenvalue weighted by Gasteiger charge is -2.27. The van der Waals surface area contributed by atoms with Crippen LogP contribution in [0.5, 0.6) is 0 Å². The predicted octanol–water partition coefficient (Wildman–Crippen LogP) is 2.19. The maximum atomic E-state index is 13.1. The van der Waals surface area contributed by atoms with Crippen LogP contribution in [0.3, 0.4) is 0 Å². The Morgan fingerprint density at radius 2 is 2.04 bits per heavy atom. The van der Waals surface area contributed by atoms with Gasteiger partial charge in [0.1, 0.15) is 12.4 Å². The second-order valence-electron chi connectivity index (χ2n) is 5.72. The lowest BCUT2D eigenvalue weighted by Crippen LogP contribution is -2.37. The van der Waals surface area contributed by atoms with Crippen molar-refractivity contribution in [3.05, 3.63) is 60.4 Å². The number of hydrogen-bond acceptors (Lipinski definition) is 3. The first-order valence-corrected chi connectivity index (χ1v) is 7.83. The molecule has 0 unspecified atom stereocenters. The number of halogens is 1. The molecule has 0 bridgehead atoms. The highest BCUT2D eigenvalue weighted by Gasteiger charge is 2.26. The first-order valence-electron chi connectivity index (χ1n) is 7.83. The molecule has 0 saturated heterocycles. The molecule has 0 atom stereocenters. The summed E-state index contributed by atoms with van der Waals surface area (Å²) in [4.78, 5) is 14.4. The number of nitrogens with zero attached hydrogens (tertiary/aromatic N) is 5. The van der Waals surface area contributed by atoms with Gasteiger partial charge in [0, 0.05) is 18.9 Å². The van der Waals surface area contributed by atoms with E-state index in [1.165, 1.54) is 12.1 Å². The van der Waals surface area contributed by atoms with Crippen molar-refractivity contribution in [2.45, 2.75) is 19.4 Å². The summed E-state index contributed by atoms with van der Waals surface area (Å²) < 4.78 is 16.5. The third-order valence-corrected chi connectivity index (χ3v) is 4.16. The van der Waals surface area contributed by atoms with Gasteiger partial charge in [-0.1, -0.05) is 0 Å². The van der Waals surface area contributed by atoms with Gasteiger partial charge in [-0.2, -0.15) is 10.2 Å². The van der Waals surface area contributed by atoms with Crippen LogP contribution in [0.1, 0.15) is 12.1 Å². The van der Waals surface area contributed by atoms with Crippen molar-refractivity contribution in [3.8, 4) is 5.69 Å². The number of carbonyl (C=O) groups is 1. The summed E-state index contributed by atoms with van der Waals surface area (Å²) in [5.74, 6) is -0.297. The average molecular weight is 325 g/mol. The Balaban J connectivity index is 1.64. The van der Waals surface area contributed by atoms with Gasteiger partial charge >= 0.3 is 0 Å². The largest absolute Gasteiger partial charge is 0.308 e. The van der Waals surface area contributed by atoms with Crippen LogP contribution in [0.25, 0.3) is 5.69 Å². The van der Waals surface area contributed by atoms with Crippen LogP contribution < -0.4 is 4.90 Å². The molecule has 1 aliphatic rings. The fourth-order valence-electron chi connectivity index (χ4n) is 3.03. The zero-order valence-corrected chi connectivity index (χ0v) is 13.0. The highest BCUT2D eigenvalue weighted by Crippen LogP contribution is 2.29. The lowest BCUT2D eigenvalue weighted by atomic mass is 10.1. The van der Waals surface area contributed by atoms with E-state index in [-0.39, 0.29) is 18.3 Å². The van der Waals surface area contributed by atoms with Crippen molar-refractivity contribution in [2.75, 3.05) is 11.4 Å². The van der Waals surface area contributed by atoms with Crippen LogP contribution in [0.15, 0.2) is 48.9 Å². The van der Waals surface area contributed by atoms with E-state index in [1.54, 1.807) is 51.1 Å². The normalized spacial score (nSPS) is 13.8. The summed E-state index contributed by atoms with van der Waals surface area (Å²) in [6.07, 6.45) is 6.83. The van der Waals surface area contributed by atoms with E-state index in [4.69, 9.17) is 0 Å². The van der Waals surface area contributed by atoms with Gasteiger partial charge < -0.3 is 4.90 Å². The molecule has 6 nitrogen and oxygen atoms in total. The van der Waals surface area contributed by atoms with Crippen LogP contribution in [0, 0.1) is 5.82 Å². The molecule has 1 aliphatic heterocycles. The Morgan fingerprint density at radius 3 is 2.79 bits per heavy atom. The quantitative estimate of drug-likeness (QED) is 0.742. The molecule has 122 valence electrons. The number of hydrogen-bond donors (Lipinski definition) is 0. The molecule has 1 amide bonds. The number of aromatic nitrogens is 4. The number of fused-ring (bicyclic) bond motifs is 1. The van der Waals surface area contributed by atoms with Gasteiger partial charge in [0.15, 0.2) is 0 Å². The molecule has 3 aromatic rings. The molecule has 24 heavy (non-hydrogen) atoms. The van der Waals surface area contributed by atoms with E-state index in [2.05, 4.69) is 10.2 Å². The lowest BCUT2D eigenvalue weighted by molar-refractivity contribution is -0.119. The standard InChI is InChI=1S/C17H16FN5O/c18-13-4-6-14(7-5-13)23-15-3-1-10-22(16(15)11-20-23)17(24)12-21-9-2-8-19-21/h2,4-9,11H,1,3,10,12H2. The maximum Gasteiger partial charge on any atom is 0.248 e. The molecular formula is C17H16FN5O. The number of rotatable bonds is 3. The average Bonchev–Trinajstić information content (AvgIpc) is 3.24. The minimum absolute atomic E-state index is 0.0155. The van der Waals surface area contributed by atoms with Gasteiger partial charge in [-0.25, -0.2) is 9.07 Å². The monoisotopic (exact) mass is 325 g/mol. The van der Waals surface area contributed by atoms with Crippen LogP contribution in [0.4, 0.5) is 10.1 Å². The molecule has 0 radical (unpaired) electrons. The summed E-state index contributed by atoms with van der Waals surface area (Å²) in [6, 6.07) is 7.99. The third-order valence-electron chi connectivity index (χ3n) is 4.16. The Hall–Kier alpha value is -2.96. The molecule has 4 rings (SSSR count). The zero-order valence-electron chi connectivity index (χ0n) is 13.0. The summed E-state index contributed by atoms with van der Waals surface area (Å²) >= 11 is 0. The summed E-state index contributed by atoms with van der Waals surface area (Å²) in [5, 5.41) is 8.49. The predicted molar refractivity (Wildman–Crippen MR) is 86.4 cm³/mol. The molecule has 1 aromatic carbocycles. The molecule has 0 spiro atoms. The van der Waals surface area contributed by atoms with Crippen LogP contribution in [0.2, 0.25) is 0 Å². The van der Waals surface area contributed by atoms with E-state index in [9.17, 15) is 9.18 Å². The van der Waals surface area contributed by atoms with Crippen LogP contribution in [-0.4, -0.2) is 32.0 Å². The molecule has 0 saturated carbocycles. The highest BCUT2D eigenvalue weighted by atomic mass is 19.1. The minimum Gasteiger partial charge on any atom is -0.308 e. The summed E-state index contributed by atoms with van der Waals surface area (Å²) in [5.41, 5.74) is 2.59. The highest BCUT2D eigenvalue weighted by molar-refractivity contribution is 5.94. The van der Waals surface area contributed by atoms with E-state index < -0.39 is 0 Å². The smallest absolute Gasteiger partial charge is 0.248 e. The van der Waals surface area contributed by atoms with E-state index in [0.717, 1.165) is 29.9 Å². The van der Waals surface area contributed by atoms with Crippen molar-refractivity contribution >= 4 is 11.6 Å². The first kappa shape index (κ1) is 14.6. The van der Waals surface area contributed by atoms with Crippen molar-refractivity contribution in [2.24, 2.45) is 0 Å².